The van der Waals surface area contributed by atoms with Crippen molar-refractivity contribution in [1.82, 2.24) is 5.32 Å². The smallest absolute Gasteiger partial charge is 0.465 e. The molecular formula is C5H9NO7. The molecule has 0 saturated carbocycles. The summed E-state index contributed by atoms with van der Waals surface area (Å²) in [6.07, 6.45) is -6.66. The number of nitrogens with one attached hydrogen (secondary N) is 1. The third-order valence-electron chi connectivity index (χ3n) is 1.03. The van der Waals surface area contributed by atoms with Crippen LogP contribution in [-0.4, -0.2) is 51.6 Å². The molecule has 0 aliphatic heterocycles. The van der Waals surface area contributed by atoms with Gasteiger partial charge in [-0.1, -0.05) is 0 Å². The lowest BCUT2D eigenvalue weighted by molar-refractivity contribution is -0.0508. The van der Waals surface area contributed by atoms with Crippen LogP contribution in [0.5, 0.6) is 0 Å². The van der Waals surface area contributed by atoms with Crippen molar-refractivity contribution in [3.8, 4) is 0 Å². The van der Waals surface area contributed by atoms with Crippen LogP contribution >= 0.6 is 0 Å². The van der Waals surface area contributed by atoms with Gasteiger partial charge in [0.25, 0.3) is 0 Å². The third-order valence-corrected chi connectivity index (χ3v) is 1.03. The standard InChI is InChI=1S/C5H9NO7/c7-1-2(8)3(6-4(9)10)13-5(11)12/h2-3,6-8H,1H2,(H,9,10)(H,11,12). The highest BCUT2D eigenvalue weighted by atomic mass is 16.7. The van der Waals surface area contributed by atoms with E-state index in [0.29, 0.717) is 0 Å². The van der Waals surface area contributed by atoms with E-state index in [1.54, 1.807) is 5.32 Å². The average molecular weight is 195 g/mol. The van der Waals surface area contributed by atoms with E-state index in [-0.39, 0.29) is 0 Å². The number of carboxylic acid groups (broad SMARTS) is 2. The van der Waals surface area contributed by atoms with Crippen molar-refractivity contribution >= 4 is 12.2 Å². The molecule has 2 atom stereocenters. The lowest BCUT2D eigenvalue weighted by Gasteiger charge is -2.19. The molecule has 5 N–H and O–H groups in total. The monoisotopic (exact) mass is 195 g/mol. The second-order valence-corrected chi connectivity index (χ2v) is 2.00. The Kier molecular flexibility index (Phi) is 4.55. The summed E-state index contributed by atoms with van der Waals surface area (Å²) in [6, 6.07) is 0. The molecule has 0 rings (SSSR count). The number of rotatable bonds is 4. The van der Waals surface area contributed by atoms with Crippen molar-refractivity contribution in [2.24, 2.45) is 0 Å². The van der Waals surface area contributed by atoms with Gasteiger partial charge in [-0.25, -0.2) is 9.59 Å². The van der Waals surface area contributed by atoms with Gasteiger partial charge >= 0.3 is 12.2 Å². The molecule has 13 heavy (non-hydrogen) atoms. The van der Waals surface area contributed by atoms with Gasteiger partial charge in [-0.3, -0.25) is 5.32 Å². The molecule has 1 amide bonds. The van der Waals surface area contributed by atoms with Crippen LogP contribution in [0.15, 0.2) is 0 Å². The highest BCUT2D eigenvalue weighted by Gasteiger charge is 2.24. The number of amides is 1. The minimum atomic E-state index is -1.76. The summed E-state index contributed by atoms with van der Waals surface area (Å²) in [5.41, 5.74) is 0. The Morgan fingerprint density at radius 3 is 2.23 bits per heavy atom. The summed E-state index contributed by atoms with van der Waals surface area (Å²) in [7, 11) is 0. The van der Waals surface area contributed by atoms with Crippen molar-refractivity contribution in [3.05, 3.63) is 0 Å². The number of aliphatic hydroxyl groups is 2. The molecule has 0 aromatic heterocycles. The van der Waals surface area contributed by atoms with Crippen molar-refractivity contribution in [2.75, 3.05) is 6.61 Å². The van der Waals surface area contributed by atoms with Crippen molar-refractivity contribution < 1.29 is 34.8 Å². The molecule has 0 radical (unpaired) electrons. The van der Waals surface area contributed by atoms with E-state index in [2.05, 4.69) is 4.74 Å². The van der Waals surface area contributed by atoms with Crippen LogP contribution in [-0.2, 0) is 4.74 Å². The molecule has 76 valence electrons. The second-order valence-electron chi connectivity index (χ2n) is 2.00. The number of carbonyl (C=O) groups is 2. The average Bonchev–Trinajstić information content (AvgIpc) is 2.00. The van der Waals surface area contributed by atoms with Gasteiger partial charge in [0.05, 0.1) is 6.61 Å². The Bertz CT molecular complexity index is 177. The summed E-state index contributed by atoms with van der Waals surface area (Å²) in [4.78, 5) is 20.0. The Labute approximate surface area is 72.4 Å². The van der Waals surface area contributed by atoms with Gasteiger partial charge in [-0.2, -0.15) is 0 Å². The molecule has 0 aromatic carbocycles. The Hall–Kier alpha value is -1.54. The van der Waals surface area contributed by atoms with Crippen molar-refractivity contribution in [3.63, 3.8) is 0 Å². The van der Waals surface area contributed by atoms with Gasteiger partial charge in [-0.05, 0) is 0 Å². The minimum absolute atomic E-state index is 0.821. The largest absolute Gasteiger partial charge is 0.507 e. The lowest BCUT2D eigenvalue weighted by Crippen LogP contribution is -2.47. The van der Waals surface area contributed by atoms with Gasteiger partial charge in [-0.15, -0.1) is 0 Å². The maximum absolute atomic E-state index is 10.0. The molecular weight excluding hydrogens is 186 g/mol. The molecule has 0 aliphatic carbocycles. The third kappa shape index (κ3) is 4.82. The Balaban J connectivity index is 4.17. The molecule has 0 fully saturated rings. The molecule has 8 nitrogen and oxygen atoms in total. The molecule has 0 aliphatic rings. The summed E-state index contributed by atoms with van der Waals surface area (Å²) in [5, 5.41) is 35.0. The zero-order chi connectivity index (χ0) is 10.4. The molecule has 0 bridgehead atoms. The van der Waals surface area contributed by atoms with E-state index in [0.717, 1.165) is 0 Å². The first-order valence-corrected chi connectivity index (χ1v) is 3.15. The van der Waals surface area contributed by atoms with E-state index in [4.69, 9.17) is 20.4 Å². The first-order chi connectivity index (χ1) is 5.97. The van der Waals surface area contributed by atoms with E-state index < -0.39 is 31.2 Å². The predicted octanol–water partition coefficient (Wildman–Crippen LogP) is -1.37. The number of aliphatic hydroxyl groups excluding tert-OH is 2. The van der Waals surface area contributed by atoms with E-state index in [1.165, 1.54) is 0 Å². The molecule has 2 unspecified atom stereocenters. The van der Waals surface area contributed by atoms with Gasteiger partial charge in [0.15, 0.2) is 0 Å². The Morgan fingerprint density at radius 1 is 1.38 bits per heavy atom. The Morgan fingerprint density at radius 2 is 1.92 bits per heavy atom. The van der Waals surface area contributed by atoms with E-state index >= 15 is 0 Å². The molecule has 0 heterocycles. The maximum Gasteiger partial charge on any atom is 0.507 e. The number of ether oxygens (including phenoxy) is 1. The van der Waals surface area contributed by atoms with Crippen molar-refractivity contribution in [2.45, 2.75) is 12.3 Å². The van der Waals surface area contributed by atoms with Crippen LogP contribution < -0.4 is 5.32 Å². The summed E-state index contributed by atoms with van der Waals surface area (Å²) >= 11 is 0. The first kappa shape index (κ1) is 11.5. The zero-order valence-electron chi connectivity index (χ0n) is 6.38. The van der Waals surface area contributed by atoms with Gasteiger partial charge in [0.2, 0.25) is 6.23 Å². The minimum Gasteiger partial charge on any atom is -0.465 e. The SMILES string of the molecule is O=C(O)NC(OC(=O)O)C(O)CO. The van der Waals surface area contributed by atoms with Crippen LogP contribution in [0.3, 0.4) is 0 Å². The quantitative estimate of drug-likeness (QED) is 0.275. The van der Waals surface area contributed by atoms with Crippen LogP contribution in [0.4, 0.5) is 9.59 Å². The van der Waals surface area contributed by atoms with Crippen LogP contribution in [0.25, 0.3) is 0 Å². The van der Waals surface area contributed by atoms with E-state index in [1.807, 2.05) is 0 Å². The van der Waals surface area contributed by atoms with Crippen LogP contribution in [0.2, 0.25) is 0 Å². The van der Waals surface area contributed by atoms with Crippen molar-refractivity contribution in [1.29, 1.82) is 0 Å². The fourth-order valence-electron chi connectivity index (χ4n) is 0.530. The number of hydrogen-bond acceptors (Lipinski definition) is 5. The molecule has 8 heteroatoms. The fourth-order valence-corrected chi connectivity index (χ4v) is 0.530. The summed E-state index contributed by atoms with van der Waals surface area (Å²) in [6.45, 7) is -0.821. The number of hydrogen-bond donors (Lipinski definition) is 5. The normalized spacial score (nSPS) is 14.3. The fraction of sp³-hybridized carbons (Fsp3) is 0.600. The highest BCUT2D eigenvalue weighted by Crippen LogP contribution is 1.96. The van der Waals surface area contributed by atoms with Gasteiger partial charge < -0.3 is 25.2 Å². The lowest BCUT2D eigenvalue weighted by atomic mass is 10.3. The maximum atomic E-state index is 10.0. The topological polar surface area (TPSA) is 136 Å². The van der Waals surface area contributed by atoms with E-state index in [9.17, 15) is 9.59 Å². The molecule has 0 saturated heterocycles. The first-order valence-electron chi connectivity index (χ1n) is 3.15. The second kappa shape index (κ2) is 5.17. The van der Waals surface area contributed by atoms with Crippen LogP contribution in [0.1, 0.15) is 0 Å². The van der Waals surface area contributed by atoms with Crippen LogP contribution in [0, 0.1) is 0 Å². The summed E-state index contributed by atoms with van der Waals surface area (Å²) < 4.78 is 3.93. The summed E-state index contributed by atoms with van der Waals surface area (Å²) in [5.74, 6) is 0. The molecule has 0 spiro atoms. The predicted molar refractivity (Wildman–Crippen MR) is 37.2 cm³/mol. The van der Waals surface area contributed by atoms with Gasteiger partial charge in [0, 0.05) is 0 Å². The zero-order valence-corrected chi connectivity index (χ0v) is 6.38. The van der Waals surface area contributed by atoms with Gasteiger partial charge in [0.1, 0.15) is 6.10 Å². The highest BCUT2D eigenvalue weighted by molar-refractivity contribution is 5.65. The molecule has 0 aromatic rings.